The molecule has 2 aromatic carbocycles. The maximum absolute atomic E-state index is 13.2. The fourth-order valence-electron chi connectivity index (χ4n) is 4.04. The molecule has 8 heteroatoms. The summed E-state index contributed by atoms with van der Waals surface area (Å²) in [6.07, 6.45) is 5.23. The van der Waals surface area contributed by atoms with Crippen LogP contribution in [0.4, 0.5) is 5.69 Å². The number of nitrogens with zero attached hydrogens (tertiary/aromatic N) is 6. The molecule has 0 amide bonds. The quantitative estimate of drug-likeness (QED) is 0.498. The monoisotopic (exact) mass is 382 g/mol. The lowest BCUT2D eigenvalue weighted by Gasteiger charge is -2.30. The number of hydrogen-bond donors (Lipinski definition) is 0. The fourth-order valence-corrected chi connectivity index (χ4v) is 4.04. The van der Waals surface area contributed by atoms with Crippen molar-refractivity contribution in [2.45, 2.75) is 12.6 Å². The smallest absolute Gasteiger partial charge is 0.271 e. The van der Waals surface area contributed by atoms with Crippen LogP contribution in [-0.2, 0) is 7.05 Å². The molecule has 0 bridgehead atoms. The van der Waals surface area contributed by atoms with E-state index in [2.05, 4.69) is 21.0 Å². The van der Waals surface area contributed by atoms with Crippen molar-refractivity contribution in [2.75, 3.05) is 18.0 Å². The molecule has 0 unspecified atom stereocenters. The molecule has 0 atom stereocenters. The molecule has 7 nitrogen and oxygen atoms in total. The van der Waals surface area contributed by atoms with E-state index in [1.807, 2.05) is 49.6 Å². The summed E-state index contributed by atoms with van der Waals surface area (Å²) in [5.41, 5.74) is 3.26. The molecule has 5 rings (SSSR count). The summed E-state index contributed by atoms with van der Waals surface area (Å²) in [5, 5.41) is 15.1. The summed E-state index contributed by atoms with van der Waals surface area (Å²) in [6, 6.07) is 11.6. The maximum atomic E-state index is 13.2. The predicted octanol–water partition coefficient (Wildman–Crippen LogP) is 2.65. The van der Waals surface area contributed by atoms with Crippen LogP contribution < -0.4 is 10.5 Å². The number of nitriles is 1. The fraction of sp³-hybridized carbons (Fsp3) is 0.238. The summed E-state index contributed by atoms with van der Waals surface area (Å²) in [4.78, 5) is 20.0. The minimum Gasteiger partial charge on any atom is -0.373 e. The Labute approximate surface area is 167 Å². The number of fused-ring (bicyclic) bond motifs is 2. The van der Waals surface area contributed by atoms with Crippen LogP contribution in [-0.4, -0.2) is 39.1 Å². The highest BCUT2D eigenvalue weighted by Crippen LogP contribution is 2.24. The molecular weight excluding hydrogens is 363 g/mol. The third kappa shape index (κ3) is 3.05. The minimum absolute atomic E-state index is 0.0907. The van der Waals surface area contributed by atoms with Gasteiger partial charge in [-0.15, -0.1) is 0 Å². The van der Waals surface area contributed by atoms with Crippen molar-refractivity contribution in [2.24, 2.45) is 7.05 Å². The molecule has 29 heavy (non-hydrogen) atoms. The van der Waals surface area contributed by atoms with Crippen LogP contribution in [0.1, 0.15) is 0 Å². The third-order valence-electron chi connectivity index (χ3n) is 5.66. The van der Waals surface area contributed by atoms with Crippen LogP contribution in [0, 0.1) is 11.2 Å². The Bertz CT molecular complexity index is 1330. The first-order valence-electron chi connectivity index (χ1n) is 9.72. The second kappa shape index (κ2) is 6.78. The van der Waals surface area contributed by atoms with E-state index < -0.39 is 0 Å². The van der Waals surface area contributed by atoms with E-state index >= 15 is 0 Å². The molecular formula is C21H19BN6O. The second-order valence-corrected chi connectivity index (χ2v) is 7.56. The molecule has 3 heterocycles. The summed E-state index contributed by atoms with van der Waals surface area (Å²) in [7, 11) is 1.88. The zero-order chi connectivity index (χ0) is 20.0. The summed E-state index contributed by atoms with van der Waals surface area (Å²) in [6.45, 7) is 1.79. The molecule has 0 radical (unpaired) electrons. The van der Waals surface area contributed by atoms with Gasteiger partial charge >= 0.3 is 0 Å². The van der Waals surface area contributed by atoms with E-state index in [-0.39, 0.29) is 12.3 Å². The number of benzene rings is 2. The molecule has 4 aromatic rings. The average molecular weight is 382 g/mol. The van der Waals surface area contributed by atoms with Crippen LogP contribution in [0.5, 0.6) is 0 Å². The van der Waals surface area contributed by atoms with E-state index in [1.165, 1.54) is 0 Å². The zero-order valence-corrected chi connectivity index (χ0v) is 16.1. The van der Waals surface area contributed by atoms with Gasteiger partial charge in [-0.1, -0.05) is 0 Å². The number of anilines is 1. The molecule has 1 aliphatic heterocycles. The minimum atomic E-state index is -0.0907. The van der Waals surface area contributed by atoms with Gasteiger partial charge in [-0.2, -0.15) is 5.10 Å². The molecule has 1 saturated heterocycles. The number of aromatic nitrogens is 4. The lowest BCUT2D eigenvalue weighted by atomic mass is 9.45. The van der Waals surface area contributed by atoms with Gasteiger partial charge in [-0.05, 0) is 49.0 Å². The van der Waals surface area contributed by atoms with Gasteiger partial charge in [0.1, 0.15) is 6.33 Å². The highest BCUT2D eigenvalue weighted by molar-refractivity contribution is 6.67. The molecule has 2 aromatic heterocycles. The first kappa shape index (κ1) is 17.5. The Balaban J connectivity index is 1.56. The molecule has 0 saturated carbocycles. The Morgan fingerprint density at radius 2 is 1.83 bits per heavy atom. The van der Waals surface area contributed by atoms with Gasteiger partial charge in [0.05, 0.1) is 22.1 Å². The first-order valence-corrected chi connectivity index (χ1v) is 9.72. The SMILES string of the molecule is Cn1cc2cc(-n3cnc4ccc(N5CCB(C#N)CC5)cc4c3=O)ccc2n1. The van der Waals surface area contributed by atoms with Gasteiger partial charge in [-0.25, -0.2) is 10.2 Å². The van der Waals surface area contributed by atoms with Gasteiger partial charge in [0.15, 0.2) is 0 Å². The van der Waals surface area contributed by atoms with Crippen molar-refractivity contribution >= 4 is 34.2 Å². The van der Waals surface area contributed by atoms with Gasteiger partial charge in [0.2, 0.25) is 0 Å². The Morgan fingerprint density at radius 1 is 1.07 bits per heavy atom. The van der Waals surface area contributed by atoms with E-state index in [1.54, 1.807) is 15.6 Å². The van der Waals surface area contributed by atoms with Crippen molar-refractivity contribution < 1.29 is 0 Å². The Kier molecular flexibility index (Phi) is 4.09. The van der Waals surface area contributed by atoms with Gasteiger partial charge in [-0.3, -0.25) is 14.0 Å². The largest absolute Gasteiger partial charge is 0.373 e. The Hall–Kier alpha value is -3.60. The molecule has 0 N–H and O–H groups in total. The van der Waals surface area contributed by atoms with Gasteiger partial charge < -0.3 is 4.90 Å². The van der Waals surface area contributed by atoms with E-state index in [0.29, 0.717) is 10.9 Å². The summed E-state index contributed by atoms with van der Waals surface area (Å²) >= 11 is 0. The lowest BCUT2D eigenvalue weighted by Crippen LogP contribution is -2.36. The number of aryl methyl sites for hydroxylation is 1. The van der Waals surface area contributed by atoms with Crippen molar-refractivity contribution in [3.05, 3.63) is 59.3 Å². The highest BCUT2D eigenvalue weighted by atomic mass is 16.1. The third-order valence-corrected chi connectivity index (χ3v) is 5.66. The highest BCUT2D eigenvalue weighted by Gasteiger charge is 2.23. The molecule has 1 aliphatic rings. The van der Waals surface area contributed by atoms with Crippen LogP contribution in [0.25, 0.3) is 27.5 Å². The van der Waals surface area contributed by atoms with Crippen LogP contribution in [0.3, 0.4) is 0 Å². The van der Waals surface area contributed by atoms with Gasteiger partial charge in [0, 0.05) is 43.4 Å². The predicted molar refractivity (Wildman–Crippen MR) is 115 cm³/mol. The molecule has 0 spiro atoms. The normalized spacial score (nSPS) is 14.5. The number of rotatable bonds is 2. The van der Waals surface area contributed by atoms with Crippen LogP contribution >= 0.6 is 0 Å². The summed E-state index contributed by atoms with van der Waals surface area (Å²) in [5.74, 6) is 2.36. The average Bonchev–Trinajstić information content (AvgIpc) is 3.13. The Morgan fingerprint density at radius 3 is 2.62 bits per heavy atom. The molecule has 142 valence electrons. The van der Waals surface area contributed by atoms with Crippen molar-refractivity contribution in [1.82, 2.24) is 19.3 Å². The standard InChI is InChI=1S/C21H19BN6O/c1-26-12-15-10-17(3-4-19(15)25-26)28-14-24-20-5-2-16(11-18(20)21(28)29)27-8-6-22(13-23)7-9-27/h2-5,10-12,14H,6-9H2,1H3. The molecule has 1 fully saturated rings. The van der Waals surface area contributed by atoms with Crippen molar-refractivity contribution in [1.29, 1.82) is 5.26 Å². The number of hydrogen-bond acceptors (Lipinski definition) is 5. The van der Waals surface area contributed by atoms with E-state index in [9.17, 15) is 4.79 Å². The topological polar surface area (TPSA) is 79.7 Å². The zero-order valence-electron chi connectivity index (χ0n) is 16.1. The van der Waals surface area contributed by atoms with Crippen molar-refractivity contribution in [3.8, 4) is 11.7 Å². The molecule has 0 aliphatic carbocycles. The lowest BCUT2D eigenvalue weighted by molar-refractivity contribution is 0.780. The van der Waals surface area contributed by atoms with Crippen molar-refractivity contribution in [3.63, 3.8) is 0 Å². The van der Waals surface area contributed by atoms with E-state index in [4.69, 9.17) is 5.26 Å². The summed E-state index contributed by atoms with van der Waals surface area (Å²) < 4.78 is 3.35. The van der Waals surface area contributed by atoms with E-state index in [0.717, 1.165) is 48.0 Å². The maximum Gasteiger partial charge on any atom is 0.271 e. The first-order chi connectivity index (χ1) is 14.1. The van der Waals surface area contributed by atoms with Gasteiger partial charge in [0.25, 0.3) is 12.3 Å². The second-order valence-electron chi connectivity index (χ2n) is 7.56. The van der Waals surface area contributed by atoms with Crippen LogP contribution in [0.2, 0.25) is 12.6 Å². The van der Waals surface area contributed by atoms with Crippen LogP contribution in [0.15, 0.2) is 53.7 Å².